The number of aromatic nitrogens is 3. The molecule has 2 aromatic rings. The summed E-state index contributed by atoms with van der Waals surface area (Å²) in [5.74, 6) is 0.926. The number of hydrogen-bond donors (Lipinski definition) is 1. The Morgan fingerprint density at radius 2 is 1.90 bits per heavy atom. The summed E-state index contributed by atoms with van der Waals surface area (Å²) in [6.07, 6.45) is 1.94. The molecular weight excluding hydrogens is 248 g/mol. The maximum atomic E-state index is 4.73. The van der Waals surface area contributed by atoms with Gasteiger partial charge in [-0.1, -0.05) is 13.8 Å². The second kappa shape index (κ2) is 6.18. The summed E-state index contributed by atoms with van der Waals surface area (Å²) in [6, 6.07) is 4.28. The number of hydrogen-bond acceptors (Lipinski definition) is 3. The summed E-state index contributed by atoms with van der Waals surface area (Å²) in [7, 11) is 1.96. The molecule has 0 aromatic carbocycles. The Balaban J connectivity index is 2.54. The van der Waals surface area contributed by atoms with Crippen molar-refractivity contribution in [3.8, 4) is 5.82 Å². The Bertz CT molecular complexity index is 599. The molecule has 0 saturated heterocycles. The van der Waals surface area contributed by atoms with Crippen LogP contribution in [0, 0.1) is 13.8 Å². The van der Waals surface area contributed by atoms with Crippen LogP contribution < -0.4 is 5.32 Å². The van der Waals surface area contributed by atoms with E-state index in [9.17, 15) is 0 Å². The van der Waals surface area contributed by atoms with E-state index in [0.29, 0.717) is 0 Å². The molecule has 0 aliphatic rings. The third-order valence-corrected chi connectivity index (χ3v) is 3.68. The zero-order valence-electron chi connectivity index (χ0n) is 13.1. The van der Waals surface area contributed by atoms with E-state index in [1.165, 1.54) is 16.8 Å². The van der Waals surface area contributed by atoms with Crippen LogP contribution in [0.4, 0.5) is 0 Å². The van der Waals surface area contributed by atoms with Crippen molar-refractivity contribution in [3.05, 3.63) is 40.3 Å². The molecule has 20 heavy (non-hydrogen) atoms. The Labute approximate surface area is 121 Å². The van der Waals surface area contributed by atoms with Crippen LogP contribution in [0.15, 0.2) is 12.1 Å². The number of nitrogens with zero attached hydrogens (tertiary/aromatic N) is 3. The fraction of sp³-hybridized carbons (Fsp3) is 0.500. The lowest BCUT2D eigenvalue weighted by molar-refractivity contribution is 0.774. The first-order valence-corrected chi connectivity index (χ1v) is 7.30. The highest BCUT2D eigenvalue weighted by Gasteiger charge is 2.13. The lowest BCUT2D eigenvalue weighted by Gasteiger charge is -2.09. The quantitative estimate of drug-likeness (QED) is 0.910. The molecular formula is C16H24N4. The van der Waals surface area contributed by atoms with Crippen LogP contribution in [-0.4, -0.2) is 21.8 Å². The van der Waals surface area contributed by atoms with Crippen molar-refractivity contribution < 1.29 is 0 Å². The maximum Gasteiger partial charge on any atom is 0.154 e. The molecule has 2 aromatic heterocycles. The third kappa shape index (κ3) is 2.75. The molecule has 1 N–H and O–H groups in total. The zero-order chi connectivity index (χ0) is 14.7. The SMILES string of the molecule is CCc1cc(CNC)cc(-n2nc(C)c(CC)c2C)n1. The zero-order valence-corrected chi connectivity index (χ0v) is 13.1. The summed E-state index contributed by atoms with van der Waals surface area (Å²) >= 11 is 0. The van der Waals surface area contributed by atoms with Crippen LogP contribution in [-0.2, 0) is 19.4 Å². The Hall–Kier alpha value is -1.68. The normalized spacial score (nSPS) is 11.1. The van der Waals surface area contributed by atoms with E-state index in [-0.39, 0.29) is 0 Å². The summed E-state index contributed by atoms with van der Waals surface area (Å²) in [5, 5.41) is 7.86. The first-order chi connectivity index (χ1) is 9.60. The van der Waals surface area contributed by atoms with E-state index in [0.717, 1.165) is 36.6 Å². The molecule has 0 radical (unpaired) electrons. The van der Waals surface area contributed by atoms with Gasteiger partial charge < -0.3 is 5.32 Å². The number of rotatable bonds is 5. The van der Waals surface area contributed by atoms with Gasteiger partial charge in [0.1, 0.15) is 0 Å². The highest BCUT2D eigenvalue weighted by Crippen LogP contribution is 2.18. The number of pyridine rings is 1. The van der Waals surface area contributed by atoms with Crippen molar-refractivity contribution in [1.29, 1.82) is 0 Å². The van der Waals surface area contributed by atoms with Gasteiger partial charge in [-0.3, -0.25) is 0 Å². The highest BCUT2D eigenvalue weighted by molar-refractivity contribution is 5.36. The predicted octanol–water partition coefficient (Wildman–Crippen LogP) is 2.73. The van der Waals surface area contributed by atoms with Crippen LogP contribution in [0.3, 0.4) is 0 Å². The molecule has 0 spiro atoms. The molecule has 2 heterocycles. The second-order valence-electron chi connectivity index (χ2n) is 5.12. The lowest BCUT2D eigenvalue weighted by Crippen LogP contribution is -2.10. The van der Waals surface area contributed by atoms with Gasteiger partial charge in [0.15, 0.2) is 5.82 Å². The van der Waals surface area contributed by atoms with Crippen molar-refractivity contribution in [2.24, 2.45) is 0 Å². The van der Waals surface area contributed by atoms with Gasteiger partial charge >= 0.3 is 0 Å². The van der Waals surface area contributed by atoms with Gasteiger partial charge in [0, 0.05) is 17.9 Å². The van der Waals surface area contributed by atoms with Gasteiger partial charge in [0.05, 0.1) is 5.69 Å². The van der Waals surface area contributed by atoms with Crippen LogP contribution in [0.1, 0.15) is 42.1 Å². The van der Waals surface area contributed by atoms with E-state index in [1.54, 1.807) is 0 Å². The van der Waals surface area contributed by atoms with Crippen LogP contribution in [0.5, 0.6) is 0 Å². The second-order valence-corrected chi connectivity index (χ2v) is 5.12. The molecule has 0 amide bonds. The fourth-order valence-corrected chi connectivity index (χ4v) is 2.64. The van der Waals surface area contributed by atoms with Gasteiger partial charge in [-0.25, -0.2) is 9.67 Å². The predicted molar refractivity (Wildman–Crippen MR) is 82.4 cm³/mol. The highest BCUT2D eigenvalue weighted by atomic mass is 15.3. The maximum absolute atomic E-state index is 4.73. The third-order valence-electron chi connectivity index (χ3n) is 3.68. The van der Waals surface area contributed by atoms with Crippen molar-refractivity contribution in [3.63, 3.8) is 0 Å². The summed E-state index contributed by atoms with van der Waals surface area (Å²) in [5.41, 5.74) is 5.98. The summed E-state index contributed by atoms with van der Waals surface area (Å²) in [6.45, 7) is 9.34. The van der Waals surface area contributed by atoms with Gasteiger partial charge in [-0.05, 0) is 57.0 Å². The van der Waals surface area contributed by atoms with Crippen molar-refractivity contribution in [2.45, 2.75) is 47.1 Å². The van der Waals surface area contributed by atoms with E-state index >= 15 is 0 Å². The first kappa shape index (κ1) is 14.7. The minimum atomic E-state index is 0.850. The molecule has 0 aliphatic carbocycles. The van der Waals surface area contributed by atoms with Crippen molar-refractivity contribution in [2.75, 3.05) is 7.05 Å². The monoisotopic (exact) mass is 272 g/mol. The minimum Gasteiger partial charge on any atom is -0.316 e. The van der Waals surface area contributed by atoms with Gasteiger partial charge in [-0.15, -0.1) is 0 Å². The smallest absolute Gasteiger partial charge is 0.154 e. The Morgan fingerprint density at radius 3 is 2.45 bits per heavy atom. The Morgan fingerprint density at radius 1 is 1.15 bits per heavy atom. The molecule has 2 rings (SSSR count). The van der Waals surface area contributed by atoms with Crippen LogP contribution >= 0.6 is 0 Å². The minimum absolute atomic E-state index is 0.850. The number of aryl methyl sites for hydroxylation is 2. The summed E-state index contributed by atoms with van der Waals surface area (Å²) in [4.78, 5) is 4.73. The van der Waals surface area contributed by atoms with E-state index in [1.807, 2.05) is 11.7 Å². The molecule has 0 fully saturated rings. The van der Waals surface area contributed by atoms with Crippen LogP contribution in [0.2, 0.25) is 0 Å². The van der Waals surface area contributed by atoms with Gasteiger partial charge in [0.2, 0.25) is 0 Å². The topological polar surface area (TPSA) is 42.7 Å². The molecule has 0 unspecified atom stereocenters. The first-order valence-electron chi connectivity index (χ1n) is 7.30. The molecule has 0 saturated carbocycles. The molecule has 0 bridgehead atoms. The standard InChI is InChI=1S/C16H24N4/c1-6-14-8-13(10-17-5)9-16(18-14)20-12(4)15(7-2)11(3)19-20/h8-9,17H,6-7,10H2,1-5H3. The lowest BCUT2D eigenvalue weighted by atomic mass is 10.1. The average molecular weight is 272 g/mol. The molecule has 0 aliphatic heterocycles. The molecule has 4 heteroatoms. The molecule has 4 nitrogen and oxygen atoms in total. The van der Waals surface area contributed by atoms with E-state index < -0.39 is 0 Å². The van der Waals surface area contributed by atoms with E-state index in [4.69, 9.17) is 4.98 Å². The van der Waals surface area contributed by atoms with Gasteiger partial charge in [0.25, 0.3) is 0 Å². The van der Waals surface area contributed by atoms with Gasteiger partial charge in [-0.2, -0.15) is 5.10 Å². The molecule has 108 valence electrons. The Kier molecular flexibility index (Phi) is 4.55. The molecule has 0 atom stereocenters. The largest absolute Gasteiger partial charge is 0.316 e. The van der Waals surface area contributed by atoms with Crippen molar-refractivity contribution in [1.82, 2.24) is 20.1 Å². The number of nitrogens with one attached hydrogen (secondary N) is 1. The van der Waals surface area contributed by atoms with E-state index in [2.05, 4.69) is 50.2 Å². The fourth-order valence-electron chi connectivity index (χ4n) is 2.64. The van der Waals surface area contributed by atoms with Crippen molar-refractivity contribution >= 4 is 0 Å². The summed E-state index contributed by atoms with van der Waals surface area (Å²) < 4.78 is 1.98. The average Bonchev–Trinajstić information content (AvgIpc) is 2.73. The van der Waals surface area contributed by atoms with Crippen LogP contribution in [0.25, 0.3) is 5.82 Å².